The number of rotatable bonds is 4. The molecule has 0 unspecified atom stereocenters. The minimum atomic E-state index is 0.123. The van der Waals surface area contributed by atoms with Crippen LogP contribution in [0.15, 0.2) is 24.3 Å². The molecule has 1 heterocycles. The number of carbonyl (C=O) groups excluding carboxylic acids is 1. The quantitative estimate of drug-likeness (QED) is 0.790. The monoisotopic (exact) mass is 321 g/mol. The molecule has 0 spiro atoms. The van der Waals surface area contributed by atoms with E-state index in [-0.39, 0.29) is 16.7 Å². The van der Waals surface area contributed by atoms with E-state index < -0.39 is 0 Å². The third-order valence-electron chi connectivity index (χ3n) is 5.08. The van der Waals surface area contributed by atoms with Gasteiger partial charge in [-0.3, -0.25) is 4.90 Å². The van der Waals surface area contributed by atoms with Gasteiger partial charge in [-0.2, -0.15) is 0 Å². The van der Waals surface area contributed by atoms with Crippen LogP contribution in [0.2, 0.25) is 5.02 Å². The number of hydrogen-bond donors (Lipinski definition) is 0. The number of ketones is 1. The van der Waals surface area contributed by atoms with E-state index in [2.05, 4.69) is 37.8 Å². The molecular weight excluding hydrogens is 294 g/mol. The van der Waals surface area contributed by atoms with Gasteiger partial charge in [-0.25, -0.2) is 0 Å². The maximum absolute atomic E-state index is 11.5. The summed E-state index contributed by atoms with van der Waals surface area (Å²) in [6.07, 6.45) is 3.83. The second-order valence-electron chi connectivity index (χ2n) is 7.65. The van der Waals surface area contributed by atoms with Gasteiger partial charge in [0.2, 0.25) is 0 Å². The minimum absolute atomic E-state index is 0.123. The fourth-order valence-corrected chi connectivity index (χ4v) is 3.63. The first-order chi connectivity index (χ1) is 10.2. The van der Waals surface area contributed by atoms with Crippen LogP contribution in [0, 0.1) is 0 Å². The lowest BCUT2D eigenvalue weighted by atomic mass is 9.69. The zero-order valence-corrected chi connectivity index (χ0v) is 15.0. The van der Waals surface area contributed by atoms with Crippen molar-refractivity contribution in [3.63, 3.8) is 0 Å². The molecular formula is C19H28ClNO. The molecule has 0 aliphatic carbocycles. The zero-order chi connectivity index (χ0) is 16.4. The molecule has 122 valence electrons. The molecule has 3 heteroatoms. The van der Waals surface area contributed by atoms with Gasteiger partial charge in [0.25, 0.3) is 0 Å². The van der Waals surface area contributed by atoms with Crippen molar-refractivity contribution in [2.45, 2.75) is 64.3 Å². The maximum Gasteiger partial charge on any atom is 0.129 e. The van der Waals surface area contributed by atoms with Gasteiger partial charge in [0, 0.05) is 17.0 Å². The molecule has 1 aromatic carbocycles. The number of likely N-dealkylation sites (tertiary alicyclic amines) is 1. The third-order valence-corrected chi connectivity index (χ3v) is 5.33. The normalized spacial score (nSPS) is 19.1. The van der Waals surface area contributed by atoms with E-state index in [0.29, 0.717) is 6.42 Å². The largest absolute Gasteiger partial charge is 0.300 e. The predicted molar refractivity (Wildman–Crippen MR) is 93.6 cm³/mol. The Hall–Kier alpha value is -0.860. The highest BCUT2D eigenvalue weighted by Crippen LogP contribution is 2.41. The Labute approximate surface area is 139 Å². The number of halogens is 1. The third kappa shape index (κ3) is 4.11. The lowest BCUT2D eigenvalue weighted by molar-refractivity contribution is -0.117. The standard InChI is InChI=1S/C19H28ClNO/c1-15(22)9-10-19(16-5-7-17(20)8-6-16)11-13-21(14-12-19)18(2,3)4/h5-8H,9-14H2,1-4H3. The number of carbonyl (C=O) groups is 1. The summed E-state index contributed by atoms with van der Waals surface area (Å²) in [6.45, 7) is 10.7. The fourth-order valence-electron chi connectivity index (χ4n) is 3.51. The van der Waals surface area contributed by atoms with Gasteiger partial charge in [-0.15, -0.1) is 0 Å². The van der Waals surface area contributed by atoms with Gasteiger partial charge in [0.05, 0.1) is 0 Å². The molecule has 1 aliphatic rings. The molecule has 0 amide bonds. The zero-order valence-electron chi connectivity index (χ0n) is 14.3. The van der Waals surface area contributed by atoms with Gasteiger partial charge in [-0.1, -0.05) is 23.7 Å². The predicted octanol–water partition coefficient (Wildman–Crippen LogP) is 4.84. The van der Waals surface area contributed by atoms with Crippen molar-refractivity contribution in [1.29, 1.82) is 0 Å². The van der Waals surface area contributed by atoms with Gasteiger partial charge < -0.3 is 4.79 Å². The molecule has 2 rings (SSSR count). The van der Waals surface area contributed by atoms with E-state index in [4.69, 9.17) is 11.6 Å². The lowest BCUT2D eigenvalue weighted by Gasteiger charge is -2.47. The second-order valence-corrected chi connectivity index (χ2v) is 8.08. The Kier molecular flexibility index (Phi) is 5.34. The summed E-state index contributed by atoms with van der Waals surface area (Å²) in [4.78, 5) is 14.1. The summed E-state index contributed by atoms with van der Waals surface area (Å²) in [5.74, 6) is 0.284. The van der Waals surface area contributed by atoms with Crippen LogP contribution in [0.5, 0.6) is 0 Å². The second kappa shape index (κ2) is 6.72. The van der Waals surface area contributed by atoms with Crippen LogP contribution in [-0.4, -0.2) is 29.3 Å². The van der Waals surface area contributed by atoms with E-state index in [1.807, 2.05) is 12.1 Å². The van der Waals surface area contributed by atoms with Crippen LogP contribution in [-0.2, 0) is 10.2 Å². The van der Waals surface area contributed by atoms with Crippen LogP contribution >= 0.6 is 11.6 Å². The van der Waals surface area contributed by atoms with Gasteiger partial charge in [0.1, 0.15) is 5.78 Å². The van der Waals surface area contributed by atoms with Crippen LogP contribution in [0.25, 0.3) is 0 Å². The molecule has 1 saturated heterocycles. The van der Waals surface area contributed by atoms with E-state index in [9.17, 15) is 4.79 Å². The summed E-state index contributed by atoms with van der Waals surface area (Å²) in [7, 11) is 0. The Balaban J connectivity index is 2.21. The number of piperidine rings is 1. The molecule has 0 radical (unpaired) electrons. The summed E-state index contributed by atoms with van der Waals surface area (Å²) in [5.41, 5.74) is 1.68. The first kappa shape index (κ1) is 17.5. The highest BCUT2D eigenvalue weighted by Gasteiger charge is 2.38. The summed E-state index contributed by atoms with van der Waals surface area (Å²) >= 11 is 6.04. The van der Waals surface area contributed by atoms with Gasteiger partial charge in [0.15, 0.2) is 0 Å². The van der Waals surface area contributed by atoms with Crippen molar-refractivity contribution in [3.05, 3.63) is 34.9 Å². The van der Waals surface area contributed by atoms with Crippen molar-refractivity contribution in [1.82, 2.24) is 4.90 Å². The van der Waals surface area contributed by atoms with Crippen molar-refractivity contribution in [2.24, 2.45) is 0 Å². The Morgan fingerprint density at radius 2 is 1.73 bits per heavy atom. The minimum Gasteiger partial charge on any atom is -0.300 e. The number of hydrogen-bond acceptors (Lipinski definition) is 2. The van der Waals surface area contributed by atoms with Crippen molar-refractivity contribution < 1.29 is 4.79 Å². The topological polar surface area (TPSA) is 20.3 Å². The Morgan fingerprint density at radius 3 is 2.18 bits per heavy atom. The Morgan fingerprint density at radius 1 is 1.18 bits per heavy atom. The van der Waals surface area contributed by atoms with Gasteiger partial charge in [-0.05, 0) is 83.2 Å². The summed E-state index contributed by atoms with van der Waals surface area (Å²) < 4.78 is 0. The van der Waals surface area contributed by atoms with Gasteiger partial charge >= 0.3 is 0 Å². The molecule has 0 atom stereocenters. The average Bonchev–Trinajstić information content (AvgIpc) is 2.45. The van der Waals surface area contributed by atoms with Crippen molar-refractivity contribution in [2.75, 3.05) is 13.1 Å². The first-order valence-corrected chi connectivity index (χ1v) is 8.61. The number of nitrogens with zero attached hydrogens (tertiary/aromatic N) is 1. The smallest absolute Gasteiger partial charge is 0.129 e. The van der Waals surface area contributed by atoms with E-state index in [0.717, 1.165) is 37.4 Å². The van der Waals surface area contributed by atoms with E-state index in [1.54, 1.807) is 6.92 Å². The van der Waals surface area contributed by atoms with Crippen LogP contribution in [0.1, 0.15) is 58.9 Å². The van der Waals surface area contributed by atoms with E-state index in [1.165, 1.54) is 5.56 Å². The van der Waals surface area contributed by atoms with Crippen LogP contribution in [0.4, 0.5) is 0 Å². The summed E-state index contributed by atoms with van der Waals surface area (Å²) in [5, 5.41) is 0.776. The highest BCUT2D eigenvalue weighted by molar-refractivity contribution is 6.30. The number of Topliss-reactive ketones (excluding diaryl/α,β-unsaturated/α-hetero) is 1. The first-order valence-electron chi connectivity index (χ1n) is 8.23. The number of benzene rings is 1. The van der Waals surface area contributed by atoms with Crippen LogP contribution in [0.3, 0.4) is 0 Å². The Bertz CT molecular complexity index is 507. The highest BCUT2D eigenvalue weighted by atomic mass is 35.5. The molecule has 0 N–H and O–H groups in total. The molecule has 0 bridgehead atoms. The van der Waals surface area contributed by atoms with Crippen LogP contribution < -0.4 is 0 Å². The molecule has 1 aromatic rings. The molecule has 1 aliphatic heterocycles. The molecule has 22 heavy (non-hydrogen) atoms. The molecule has 2 nitrogen and oxygen atoms in total. The maximum atomic E-state index is 11.5. The SMILES string of the molecule is CC(=O)CCC1(c2ccc(Cl)cc2)CCN(C(C)(C)C)CC1. The summed E-state index contributed by atoms with van der Waals surface area (Å²) in [6, 6.07) is 8.25. The molecule has 0 aromatic heterocycles. The fraction of sp³-hybridized carbons (Fsp3) is 0.632. The van der Waals surface area contributed by atoms with Crippen molar-refractivity contribution in [3.8, 4) is 0 Å². The molecule has 0 saturated carbocycles. The average molecular weight is 322 g/mol. The lowest BCUT2D eigenvalue weighted by Crippen LogP contribution is -2.50. The van der Waals surface area contributed by atoms with Crippen molar-refractivity contribution >= 4 is 17.4 Å². The van der Waals surface area contributed by atoms with E-state index >= 15 is 0 Å². The molecule has 1 fully saturated rings.